The Kier molecular flexibility index (Phi) is 5.19. The van der Waals surface area contributed by atoms with Gasteiger partial charge in [0.1, 0.15) is 11.5 Å². The molecule has 0 radical (unpaired) electrons. The Balaban J connectivity index is 1.94. The molecule has 1 heterocycles. The molecule has 1 aromatic carbocycles. The smallest absolute Gasteiger partial charge is 0.237 e. The van der Waals surface area contributed by atoms with Crippen molar-refractivity contribution in [1.82, 2.24) is 0 Å². The van der Waals surface area contributed by atoms with Crippen LogP contribution in [0.5, 0.6) is 5.75 Å². The maximum atomic E-state index is 12.2. The van der Waals surface area contributed by atoms with Crippen molar-refractivity contribution in [2.24, 2.45) is 0 Å². The second kappa shape index (κ2) is 6.91. The monoisotopic (exact) mass is 312 g/mol. The van der Waals surface area contributed by atoms with Gasteiger partial charge in [0.2, 0.25) is 5.91 Å². The molecule has 0 aliphatic carbocycles. The van der Waals surface area contributed by atoms with Crippen molar-refractivity contribution in [2.45, 2.75) is 24.7 Å². The van der Waals surface area contributed by atoms with Gasteiger partial charge in [-0.15, -0.1) is 0 Å². The van der Waals surface area contributed by atoms with E-state index in [0.717, 1.165) is 6.42 Å². The van der Waals surface area contributed by atoms with Crippen molar-refractivity contribution in [3.63, 3.8) is 0 Å². The van der Waals surface area contributed by atoms with Gasteiger partial charge in [-0.2, -0.15) is 0 Å². The number of carbonyl (C=O) groups is 1. The van der Waals surface area contributed by atoms with Gasteiger partial charge in [-0.25, -0.2) is 0 Å². The molecular formula is C14H20N2O4S. The fourth-order valence-corrected chi connectivity index (χ4v) is 3.67. The van der Waals surface area contributed by atoms with Crippen LogP contribution in [0.25, 0.3) is 0 Å². The summed E-state index contributed by atoms with van der Waals surface area (Å²) in [7, 11) is 0.298. The minimum atomic E-state index is -1.24. The van der Waals surface area contributed by atoms with Crippen molar-refractivity contribution in [3.8, 4) is 5.75 Å². The molecule has 116 valence electrons. The molecule has 1 saturated heterocycles. The van der Waals surface area contributed by atoms with Crippen molar-refractivity contribution in [1.29, 1.82) is 0 Å². The van der Waals surface area contributed by atoms with Crippen molar-refractivity contribution in [2.75, 3.05) is 30.5 Å². The molecule has 21 heavy (non-hydrogen) atoms. The zero-order chi connectivity index (χ0) is 15.4. The first-order valence-corrected chi connectivity index (χ1v) is 8.11. The van der Waals surface area contributed by atoms with Crippen LogP contribution < -0.4 is 15.8 Å². The van der Waals surface area contributed by atoms with E-state index in [1.807, 2.05) is 6.92 Å². The number of hydrogen-bond donors (Lipinski definition) is 2. The second-order valence-corrected chi connectivity index (χ2v) is 6.59. The molecule has 0 bridgehead atoms. The highest BCUT2D eigenvalue weighted by Crippen LogP contribution is 2.24. The molecule has 0 saturated carbocycles. The number of ether oxygens (including phenoxy) is 2. The molecule has 1 aliphatic rings. The van der Waals surface area contributed by atoms with E-state index in [0.29, 0.717) is 23.7 Å². The summed E-state index contributed by atoms with van der Waals surface area (Å²) in [6, 6.07) is 4.99. The molecule has 0 spiro atoms. The quantitative estimate of drug-likeness (QED) is 0.796. The van der Waals surface area contributed by atoms with Crippen molar-refractivity contribution < 1.29 is 18.5 Å². The molecule has 2 rings (SSSR count). The average molecular weight is 312 g/mol. The van der Waals surface area contributed by atoms with Gasteiger partial charge in [-0.05, 0) is 25.5 Å². The van der Waals surface area contributed by atoms with E-state index in [2.05, 4.69) is 5.32 Å². The zero-order valence-corrected chi connectivity index (χ0v) is 12.9. The number of carbonyl (C=O) groups excluding carboxylic acids is 1. The number of nitrogens with one attached hydrogen (secondary N) is 1. The molecule has 3 unspecified atom stereocenters. The van der Waals surface area contributed by atoms with E-state index in [-0.39, 0.29) is 23.0 Å². The largest absolute Gasteiger partial charge is 0.497 e. The van der Waals surface area contributed by atoms with Crippen LogP contribution in [0.2, 0.25) is 0 Å². The first-order valence-electron chi connectivity index (χ1n) is 6.73. The van der Waals surface area contributed by atoms with Gasteiger partial charge in [0.15, 0.2) is 0 Å². The van der Waals surface area contributed by atoms with Crippen molar-refractivity contribution in [3.05, 3.63) is 18.2 Å². The fraction of sp³-hybridized carbons (Fsp3) is 0.500. The summed E-state index contributed by atoms with van der Waals surface area (Å²) >= 11 is 0. The molecule has 1 aliphatic heterocycles. The highest BCUT2D eigenvalue weighted by Gasteiger charge is 2.30. The third-order valence-electron chi connectivity index (χ3n) is 3.45. The Morgan fingerprint density at radius 2 is 2.33 bits per heavy atom. The Labute approximate surface area is 126 Å². The SMILES string of the molecule is COc1ccc(NC(=O)CS(=O)C2CCOC2C)c(N)c1. The standard InChI is InChI=1S/C14H20N2O4S/c1-9-13(5-6-20-9)21(18)8-14(17)16-12-4-3-10(19-2)7-11(12)15/h3-4,7,9,13H,5-6,8,15H2,1-2H3,(H,16,17). The van der Waals surface area contributed by atoms with Crippen LogP contribution in [0.3, 0.4) is 0 Å². The maximum absolute atomic E-state index is 12.2. The topological polar surface area (TPSA) is 90.6 Å². The normalized spacial score (nSPS) is 22.8. The van der Waals surface area contributed by atoms with E-state index in [1.165, 1.54) is 0 Å². The first kappa shape index (κ1) is 15.8. The summed E-state index contributed by atoms with van der Waals surface area (Å²) in [4.78, 5) is 12.0. The van der Waals surface area contributed by atoms with E-state index in [4.69, 9.17) is 15.2 Å². The fourth-order valence-electron chi connectivity index (χ4n) is 2.26. The number of hydrogen-bond acceptors (Lipinski definition) is 5. The molecule has 6 nitrogen and oxygen atoms in total. The molecule has 3 N–H and O–H groups in total. The zero-order valence-electron chi connectivity index (χ0n) is 12.1. The van der Waals surface area contributed by atoms with Crippen LogP contribution >= 0.6 is 0 Å². The number of benzene rings is 1. The molecule has 1 aromatic rings. The van der Waals surface area contributed by atoms with Crippen LogP contribution in [0, 0.1) is 0 Å². The summed E-state index contributed by atoms with van der Waals surface area (Å²) < 4.78 is 22.6. The number of methoxy groups -OCH3 is 1. The lowest BCUT2D eigenvalue weighted by Gasteiger charge is -2.14. The molecule has 0 aromatic heterocycles. The summed E-state index contributed by atoms with van der Waals surface area (Å²) in [6.45, 7) is 2.49. The van der Waals surface area contributed by atoms with Gasteiger partial charge in [0, 0.05) is 23.5 Å². The Bertz CT molecular complexity index is 550. The second-order valence-electron chi connectivity index (χ2n) is 4.93. The maximum Gasteiger partial charge on any atom is 0.237 e. The number of amides is 1. The molecule has 1 amide bonds. The Morgan fingerprint density at radius 1 is 1.57 bits per heavy atom. The van der Waals surface area contributed by atoms with Crippen LogP contribution in [0.1, 0.15) is 13.3 Å². The van der Waals surface area contributed by atoms with Gasteiger partial charge in [-0.3, -0.25) is 9.00 Å². The summed E-state index contributed by atoms with van der Waals surface area (Å²) in [5.41, 5.74) is 6.73. The molecule has 7 heteroatoms. The Hall–Kier alpha value is -1.60. The number of rotatable bonds is 5. The number of anilines is 2. The summed E-state index contributed by atoms with van der Waals surface area (Å²) in [6.07, 6.45) is 0.663. The number of nitrogens with two attached hydrogens (primary N) is 1. The predicted octanol–water partition coefficient (Wildman–Crippen LogP) is 1.14. The van der Waals surface area contributed by atoms with Crippen LogP contribution in [-0.4, -0.2) is 40.9 Å². The lowest BCUT2D eigenvalue weighted by atomic mass is 10.2. The lowest BCUT2D eigenvalue weighted by molar-refractivity contribution is -0.113. The van der Waals surface area contributed by atoms with E-state index in [1.54, 1.807) is 25.3 Å². The predicted molar refractivity (Wildman–Crippen MR) is 82.9 cm³/mol. The van der Waals surface area contributed by atoms with Crippen molar-refractivity contribution >= 4 is 28.1 Å². The molecule has 1 fully saturated rings. The van der Waals surface area contributed by atoms with Crippen LogP contribution in [0.15, 0.2) is 18.2 Å². The molecule has 3 atom stereocenters. The first-order chi connectivity index (χ1) is 10.0. The highest BCUT2D eigenvalue weighted by molar-refractivity contribution is 7.86. The average Bonchev–Trinajstić information content (AvgIpc) is 2.87. The summed E-state index contributed by atoms with van der Waals surface area (Å²) in [5.74, 6) is 0.249. The van der Waals surface area contributed by atoms with Gasteiger partial charge >= 0.3 is 0 Å². The van der Waals surface area contributed by atoms with Crippen LogP contribution in [0.4, 0.5) is 11.4 Å². The summed E-state index contributed by atoms with van der Waals surface area (Å²) in [5, 5.41) is 2.60. The highest BCUT2D eigenvalue weighted by atomic mass is 32.2. The third-order valence-corrected chi connectivity index (χ3v) is 5.29. The van der Waals surface area contributed by atoms with E-state index < -0.39 is 10.8 Å². The Morgan fingerprint density at radius 3 is 2.90 bits per heavy atom. The third kappa shape index (κ3) is 3.95. The van der Waals surface area contributed by atoms with E-state index >= 15 is 0 Å². The van der Waals surface area contributed by atoms with Gasteiger partial charge in [-0.1, -0.05) is 0 Å². The number of nitrogen functional groups attached to an aromatic ring is 1. The van der Waals surface area contributed by atoms with Gasteiger partial charge < -0.3 is 20.5 Å². The molecular weight excluding hydrogens is 292 g/mol. The van der Waals surface area contributed by atoms with Gasteiger partial charge in [0.05, 0.1) is 29.8 Å². The van der Waals surface area contributed by atoms with Gasteiger partial charge in [0.25, 0.3) is 0 Å². The minimum Gasteiger partial charge on any atom is -0.497 e. The van der Waals surface area contributed by atoms with Crippen LogP contribution in [-0.2, 0) is 20.3 Å². The van der Waals surface area contributed by atoms with E-state index in [9.17, 15) is 9.00 Å². The lowest BCUT2D eigenvalue weighted by Crippen LogP contribution is -2.30. The minimum absolute atomic E-state index is 0.0518.